The number of fused-ring (bicyclic) bond motifs is 1. The molecule has 0 saturated carbocycles. The first kappa shape index (κ1) is 19.8. The molecule has 9 heteroatoms. The highest BCUT2D eigenvalue weighted by atomic mass is 16.8. The van der Waals surface area contributed by atoms with Gasteiger partial charge in [0.1, 0.15) is 24.4 Å². The Hall–Kier alpha value is -0.930. The first-order valence-corrected chi connectivity index (χ1v) is 9.27. The summed E-state index contributed by atoms with van der Waals surface area (Å²) in [6.45, 7) is 9.06. The molecule has 0 aromatic rings. The first-order chi connectivity index (χ1) is 12.3. The third-order valence-corrected chi connectivity index (χ3v) is 4.70. The van der Waals surface area contributed by atoms with Crippen LogP contribution in [0.3, 0.4) is 0 Å². The van der Waals surface area contributed by atoms with Crippen molar-refractivity contribution in [1.29, 1.82) is 0 Å². The van der Waals surface area contributed by atoms with Crippen molar-refractivity contribution in [2.24, 2.45) is 5.11 Å². The fourth-order valence-corrected chi connectivity index (χ4v) is 3.60. The fourth-order valence-electron chi connectivity index (χ4n) is 3.60. The van der Waals surface area contributed by atoms with E-state index in [9.17, 15) is 0 Å². The molecule has 0 amide bonds. The minimum Gasteiger partial charge on any atom is -0.372 e. The predicted molar refractivity (Wildman–Crippen MR) is 91.2 cm³/mol. The topological polar surface area (TPSA) is 104 Å². The van der Waals surface area contributed by atoms with Gasteiger partial charge in [-0.05, 0) is 46.1 Å². The second-order valence-corrected chi connectivity index (χ2v) is 7.79. The fraction of sp³-hybridized carbons (Fsp3) is 1.00. The van der Waals surface area contributed by atoms with Crippen LogP contribution in [0.2, 0.25) is 0 Å². The number of hydrogen-bond donors (Lipinski definition) is 0. The van der Waals surface area contributed by atoms with Crippen LogP contribution in [0.4, 0.5) is 0 Å². The maximum Gasteiger partial charge on any atom is 0.190 e. The highest BCUT2D eigenvalue weighted by molar-refractivity contribution is 4.98. The molecule has 0 bridgehead atoms. The van der Waals surface area contributed by atoms with E-state index >= 15 is 0 Å². The monoisotopic (exact) mass is 371 g/mol. The van der Waals surface area contributed by atoms with Gasteiger partial charge < -0.3 is 28.4 Å². The van der Waals surface area contributed by atoms with Gasteiger partial charge in [0.05, 0.1) is 6.61 Å². The zero-order valence-corrected chi connectivity index (χ0v) is 15.9. The average Bonchev–Trinajstić information content (AvgIpc) is 3.16. The van der Waals surface area contributed by atoms with Crippen LogP contribution in [0, 0.1) is 0 Å². The number of unbranched alkanes of at least 4 members (excludes halogenated alkanes) is 2. The van der Waals surface area contributed by atoms with E-state index in [0.717, 1.165) is 19.3 Å². The molecular formula is C17H29N3O6. The highest BCUT2D eigenvalue weighted by Gasteiger charge is 2.58. The lowest BCUT2D eigenvalue weighted by Gasteiger charge is -2.29. The molecule has 9 nitrogen and oxygen atoms in total. The van der Waals surface area contributed by atoms with Crippen LogP contribution in [0.5, 0.6) is 0 Å². The zero-order valence-electron chi connectivity index (χ0n) is 15.9. The minimum atomic E-state index is -0.691. The molecular weight excluding hydrogens is 342 g/mol. The van der Waals surface area contributed by atoms with Crippen LogP contribution in [0.15, 0.2) is 5.11 Å². The Morgan fingerprint density at radius 3 is 2.54 bits per heavy atom. The lowest BCUT2D eigenvalue weighted by atomic mass is 10.1. The Labute approximate surface area is 153 Å². The third kappa shape index (κ3) is 4.67. The van der Waals surface area contributed by atoms with E-state index in [1.807, 2.05) is 27.7 Å². The standard InChI is InChI=1S/C17H29N3O6/c1-16(2)22-10-11(24-16)12-13(21-9-7-5-6-8-19-20-18)14-15(23-12)26-17(3,4)25-14/h11-15H,5-10H2,1-4H3/t11-,12-,13+,14-,15-/m1/s1. The van der Waals surface area contributed by atoms with Crippen molar-refractivity contribution in [1.82, 2.24) is 0 Å². The summed E-state index contributed by atoms with van der Waals surface area (Å²) in [6.07, 6.45) is 1.12. The van der Waals surface area contributed by atoms with Gasteiger partial charge in [0.2, 0.25) is 0 Å². The molecule has 0 N–H and O–H groups in total. The summed E-state index contributed by atoms with van der Waals surface area (Å²) < 4.78 is 35.7. The van der Waals surface area contributed by atoms with Crippen LogP contribution in [0.25, 0.3) is 10.4 Å². The van der Waals surface area contributed by atoms with Gasteiger partial charge in [-0.15, -0.1) is 0 Å². The van der Waals surface area contributed by atoms with Gasteiger partial charge in [0, 0.05) is 18.1 Å². The van der Waals surface area contributed by atoms with Crippen LogP contribution < -0.4 is 0 Å². The van der Waals surface area contributed by atoms with E-state index in [1.54, 1.807) is 0 Å². The largest absolute Gasteiger partial charge is 0.372 e. The van der Waals surface area contributed by atoms with Crippen molar-refractivity contribution >= 4 is 0 Å². The summed E-state index contributed by atoms with van der Waals surface area (Å²) in [5.74, 6) is -1.32. The van der Waals surface area contributed by atoms with E-state index < -0.39 is 17.9 Å². The second-order valence-electron chi connectivity index (χ2n) is 7.79. The van der Waals surface area contributed by atoms with Crippen LogP contribution in [-0.4, -0.2) is 62.0 Å². The predicted octanol–water partition coefficient (Wildman–Crippen LogP) is 2.88. The van der Waals surface area contributed by atoms with Gasteiger partial charge in [0.15, 0.2) is 17.9 Å². The molecule has 0 spiro atoms. The van der Waals surface area contributed by atoms with Crippen molar-refractivity contribution in [3.63, 3.8) is 0 Å². The second kappa shape index (κ2) is 7.98. The van der Waals surface area contributed by atoms with E-state index in [4.69, 9.17) is 34.0 Å². The molecule has 26 heavy (non-hydrogen) atoms. The minimum absolute atomic E-state index is 0.221. The summed E-state index contributed by atoms with van der Waals surface area (Å²) >= 11 is 0. The molecule has 148 valence electrons. The Balaban J connectivity index is 1.55. The Bertz CT molecular complexity index is 537. The molecule has 3 aliphatic rings. The SMILES string of the molecule is CC1(C)O[C@H]2O[C@H]([C@H]3COC(C)(C)O3)[C@H](OCCCCCN=[N+]=[N-])[C@H]2O1. The number of hydrogen-bond acceptors (Lipinski definition) is 7. The van der Waals surface area contributed by atoms with Crippen molar-refractivity contribution in [2.45, 2.75) is 89.2 Å². The molecule has 0 aromatic carbocycles. The normalized spacial score (nSPS) is 37.5. The summed E-state index contributed by atoms with van der Waals surface area (Å²) in [4.78, 5) is 2.75. The van der Waals surface area contributed by atoms with Crippen LogP contribution >= 0.6 is 0 Å². The summed E-state index contributed by atoms with van der Waals surface area (Å²) in [6, 6.07) is 0. The molecule has 3 rings (SSSR count). The van der Waals surface area contributed by atoms with Crippen molar-refractivity contribution in [3.8, 4) is 0 Å². The molecule has 0 unspecified atom stereocenters. The number of nitrogens with zero attached hydrogens (tertiary/aromatic N) is 3. The lowest BCUT2D eigenvalue weighted by Crippen LogP contribution is -2.44. The van der Waals surface area contributed by atoms with E-state index in [1.165, 1.54) is 0 Å². The van der Waals surface area contributed by atoms with E-state index in [2.05, 4.69) is 10.0 Å². The van der Waals surface area contributed by atoms with Crippen molar-refractivity contribution in [2.75, 3.05) is 19.8 Å². The molecule has 0 aromatic heterocycles. The maximum atomic E-state index is 8.28. The Kier molecular flexibility index (Phi) is 6.08. The maximum absolute atomic E-state index is 8.28. The number of rotatable bonds is 8. The summed E-state index contributed by atoms with van der Waals surface area (Å²) in [5, 5.41) is 3.54. The number of azide groups is 1. The Morgan fingerprint density at radius 2 is 1.85 bits per heavy atom. The smallest absolute Gasteiger partial charge is 0.190 e. The summed E-state index contributed by atoms with van der Waals surface area (Å²) in [7, 11) is 0. The molecule has 0 aliphatic carbocycles. The highest BCUT2D eigenvalue weighted by Crippen LogP contribution is 2.41. The van der Waals surface area contributed by atoms with Crippen LogP contribution in [-0.2, 0) is 28.4 Å². The average molecular weight is 371 g/mol. The van der Waals surface area contributed by atoms with Gasteiger partial charge in [-0.25, -0.2) is 0 Å². The van der Waals surface area contributed by atoms with Gasteiger partial charge in [-0.1, -0.05) is 11.5 Å². The number of ether oxygens (including phenoxy) is 6. The van der Waals surface area contributed by atoms with E-state index in [0.29, 0.717) is 19.8 Å². The molecule has 3 heterocycles. The van der Waals surface area contributed by atoms with Crippen LogP contribution in [0.1, 0.15) is 47.0 Å². The molecule has 3 aliphatic heterocycles. The Morgan fingerprint density at radius 1 is 1.04 bits per heavy atom. The third-order valence-electron chi connectivity index (χ3n) is 4.70. The quantitative estimate of drug-likeness (QED) is 0.281. The summed E-state index contributed by atoms with van der Waals surface area (Å²) in [5.41, 5.74) is 8.28. The zero-order chi connectivity index (χ0) is 18.8. The molecule has 3 saturated heterocycles. The molecule has 3 fully saturated rings. The van der Waals surface area contributed by atoms with Gasteiger partial charge in [0.25, 0.3) is 0 Å². The van der Waals surface area contributed by atoms with Gasteiger partial charge in [-0.3, -0.25) is 0 Å². The lowest BCUT2D eigenvalue weighted by molar-refractivity contribution is -0.236. The van der Waals surface area contributed by atoms with Crippen molar-refractivity contribution < 1.29 is 28.4 Å². The first-order valence-electron chi connectivity index (χ1n) is 9.27. The van der Waals surface area contributed by atoms with Crippen molar-refractivity contribution in [3.05, 3.63) is 10.4 Å². The van der Waals surface area contributed by atoms with Gasteiger partial charge >= 0.3 is 0 Å². The van der Waals surface area contributed by atoms with E-state index in [-0.39, 0.29) is 24.4 Å². The van der Waals surface area contributed by atoms with Gasteiger partial charge in [-0.2, -0.15) is 0 Å². The molecule has 0 radical (unpaired) electrons. The molecule has 5 atom stereocenters.